The Morgan fingerprint density at radius 3 is 2.53 bits per heavy atom. The summed E-state index contributed by atoms with van der Waals surface area (Å²) in [6.45, 7) is 5.25. The molecule has 1 aromatic rings. The highest BCUT2D eigenvalue weighted by Gasteiger charge is 2.26. The van der Waals surface area contributed by atoms with Crippen molar-refractivity contribution in [3.63, 3.8) is 0 Å². The molecule has 1 unspecified atom stereocenters. The number of unbranched alkanes of at least 4 members (excludes halogenated alkanes) is 1. The molecule has 0 saturated carbocycles. The molecule has 0 bridgehead atoms. The van der Waals surface area contributed by atoms with Gasteiger partial charge in [-0.1, -0.05) is 13.8 Å². The Morgan fingerprint density at radius 2 is 2.00 bits per heavy atom. The highest BCUT2D eigenvalue weighted by molar-refractivity contribution is 5.08. The van der Waals surface area contributed by atoms with E-state index >= 15 is 0 Å². The van der Waals surface area contributed by atoms with Gasteiger partial charge in [-0.3, -0.25) is 0 Å². The number of alkyl halides is 3. The third-order valence-electron chi connectivity index (χ3n) is 3.29. The second-order valence-electron chi connectivity index (χ2n) is 5.17. The van der Waals surface area contributed by atoms with Crippen molar-refractivity contribution in [2.45, 2.75) is 51.7 Å². The normalized spacial score (nSPS) is 14.1. The Balaban J connectivity index is 2.53. The predicted molar refractivity (Wildman–Crippen MR) is 68.8 cm³/mol. The Morgan fingerprint density at radius 1 is 1.32 bits per heavy atom. The largest absolute Gasteiger partial charge is 0.389 e. The van der Waals surface area contributed by atoms with Crippen LogP contribution < -0.4 is 5.73 Å². The lowest BCUT2D eigenvalue weighted by atomic mass is 9.93. The quantitative estimate of drug-likeness (QED) is 0.777. The molecule has 2 N–H and O–H groups in total. The van der Waals surface area contributed by atoms with Crippen molar-refractivity contribution < 1.29 is 13.2 Å². The van der Waals surface area contributed by atoms with Crippen LogP contribution in [-0.4, -0.2) is 22.3 Å². The van der Waals surface area contributed by atoms with Crippen LogP contribution in [0.25, 0.3) is 0 Å². The lowest BCUT2D eigenvalue weighted by molar-refractivity contribution is -0.135. The maximum atomic E-state index is 12.1. The lowest BCUT2D eigenvalue weighted by Crippen LogP contribution is -2.21. The fourth-order valence-corrected chi connectivity index (χ4v) is 2.17. The summed E-state index contributed by atoms with van der Waals surface area (Å²) in [6, 6.07) is 0. The number of imidazole rings is 1. The zero-order valence-corrected chi connectivity index (χ0v) is 11.5. The number of aromatic nitrogens is 2. The van der Waals surface area contributed by atoms with Crippen molar-refractivity contribution in [3.05, 3.63) is 18.2 Å². The van der Waals surface area contributed by atoms with Crippen LogP contribution in [0.3, 0.4) is 0 Å². The number of hydrogen-bond donors (Lipinski definition) is 1. The highest BCUT2D eigenvalue weighted by Crippen LogP contribution is 2.25. The highest BCUT2D eigenvalue weighted by atomic mass is 19.4. The molecular formula is C13H22F3N3. The van der Waals surface area contributed by atoms with Gasteiger partial charge in [0, 0.05) is 37.3 Å². The predicted octanol–water partition coefficient (Wildman–Crippen LogP) is 3.31. The molecule has 110 valence electrons. The van der Waals surface area contributed by atoms with Gasteiger partial charge in [0.05, 0.1) is 6.33 Å². The smallest absolute Gasteiger partial charge is 0.334 e. The molecule has 19 heavy (non-hydrogen) atoms. The summed E-state index contributed by atoms with van der Waals surface area (Å²) in [5.74, 6) is 0.584. The van der Waals surface area contributed by atoms with Gasteiger partial charge >= 0.3 is 6.18 Å². The number of aryl methyl sites for hydroxylation is 1. The van der Waals surface area contributed by atoms with Crippen LogP contribution in [0.15, 0.2) is 12.5 Å². The zero-order valence-electron chi connectivity index (χ0n) is 11.5. The Hall–Kier alpha value is -1.04. The fraction of sp³-hybridized carbons (Fsp3) is 0.769. The minimum Gasteiger partial charge on any atom is -0.334 e. The third kappa shape index (κ3) is 5.22. The van der Waals surface area contributed by atoms with Crippen LogP contribution in [0.1, 0.15) is 44.7 Å². The van der Waals surface area contributed by atoms with Gasteiger partial charge in [-0.05, 0) is 18.8 Å². The Labute approximate surface area is 112 Å². The van der Waals surface area contributed by atoms with E-state index in [0.717, 1.165) is 5.69 Å². The van der Waals surface area contributed by atoms with E-state index < -0.39 is 12.6 Å². The van der Waals surface area contributed by atoms with Crippen molar-refractivity contribution in [2.24, 2.45) is 11.7 Å². The summed E-state index contributed by atoms with van der Waals surface area (Å²) < 4.78 is 38.1. The van der Waals surface area contributed by atoms with Crippen LogP contribution in [0, 0.1) is 5.92 Å². The minimum absolute atomic E-state index is 0.149. The van der Waals surface area contributed by atoms with Crippen LogP contribution >= 0.6 is 0 Å². The van der Waals surface area contributed by atoms with E-state index in [9.17, 15) is 13.2 Å². The van der Waals surface area contributed by atoms with E-state index in [0.29, 0.717) is 25.4 Å². The van der Waals surface area contributed by atoms with E-state index in [2.05, 4.69) is 18.8 Å². The first-order chi connectivity index (χ1) is 8.85. The molecule has 0 fully saturated rings. The van der Waals surface area contributed by atoms with Gasteiger partial charge in [-0.25, -0.2) is 4.98 Å². The molecule has 0 radical (unpaired) electrons. The molecule has 3 nitrogen and oxygen atoms in total. The van der Waals surface area contributed by atoms with Crippen molar-refractivity contribution >= 4 is 0 Å². The molecule has 0 aliphatic rings. The average molecular weight is 277 g/mol. The third-order valence-corrected chi connectivity index (χ3v) is 3.29. The molecule has 1 aromatic heterocycles. The standard InChI is InChI=1S/C13H22F3N3/c1-10(2)11(7-17)12-8-18-9-19(12)6-4-3-5-13(14,15)16/h8-11H,3-7,17H2,1-2H3. The molecule has 1 atom stereocenters. The van der Waals surface area contributed by atoms with E-state index in [1.807, 2.05) is 4.57 Å². The topological polar surface area (TPSA) is 43.8 Å². The SMILES string of the molecule is CC(C)C(CN)c1cncn1CCCCC(F)(F)F. The van der Waals surface area contributed by atoms with E-state index in [4.69, 9.17) is 5.73 Å². The molecular weight excluding hydrogens is 255 g/mol. The van der Waals surface area contributed by atoms with Crippen LogP contribution in [0.2, 0.25) is 0 Å². The molecule has 6 heteroatoms. The van der Waals surface area contributed by atoms with Crippen LogP contribution in [-0.2, 0) is 6.54 Å². The Bertz CT molecular complexity index is 371. The summed E-state index contributed by atoms with van der Waals surface area (Å²) in [4.78, 5) is 4.09. The van der Waals surface area contributed by atoms with Crippen molar-refractivity contribution in [1.29, 1.82) is 0 Å². The molecule has 0 saturated heterocycles. The second-order valence-corrected chi connectivity index (χ2v) is 5.17. The van der Waals surface area contributed by atoms with Gasteiger partial charge in [0.15, 0.2) is 0 Å². The summed E-state index contributed by atoms with van der Waals surface area (Å²) in [5.41, 5.74) is 6.77. The molecule has 1 rings (SSSR count). The van der Waals surface area contributed by atoms with Crippen molar-refractivity contribution in [1.82, 2.24) is 9.55 Å². The monoisotopic (exact) mass is 277 g/mol. The first-order valence-electron chi connectivity index (χ1n) is 6.62. The number of halogens is 3. The summed E-state index contributed by atoms with van der Waals surface area (Å²) in [6.07, 6.45) is -0.694. The molecule has 0 spiro atoms. The molecule has 0 aromatic carbocycles. The average Bonchev–Trinajstić information content (AvgIpc) is 2.72. The minimum atomic E-state index is -4.06. The van der Waals surface area contributed by atoms with E-state index in [1.165, 1.54) is 0 Å². The van der Waals surface area contributed by atoms with Gasteiger partial charge in [-0.15, -0.1) is 0 Å². The molecule has 0 aliphatic carbocycles. The number of nitrogens with two attached hydrogens (primary N) is 1. The van der Waals surface area contributed by atoms with Crippen molar-refractivity contribution in [3.8, 4) is 0 Å². The lowest BCUT2D eigenvalue weighted by Gasteiger charge is -2.20. The van der Waals surface area contributed by atoms with Crippen molar-refractivity contribution in [2.75, 3.05) is 6.54 Å². The zero-order chi connectivity index (χ0) is 14.5. The molecule has 1 heterocycles. The first-order valence-corrected chi connectivity index (χ1v) is 6.62. The molecule has 0 amide bonds. The summed E-state index contributed by atoms with van der Waals surface area (Å²) in [7, 11) is 0. The van der Waals surface area contributed by atoms with Gasteiger partial charge in [0.2, 0.25) is 0 Å². The molecule has 0 aliphatic heterocycles. The van der Waals surface area contributed by atoms with E-state index in [-0.39, 0.29) is 12.3 Å². The number of hydrogen-bond acceptors (Lipinski definition) is 2. The van der Waals surface area contributed by atoms with Crippen LogP contribution in [0.5, 0.6) is 0 Å². The van der Waals surface area contributed by atoms with E-state index in [1.54, 1.807) is 12.5 Å². The maximum Gasteiger partial charge on any atom is 0.389 e. The Kier molecular flexibility index (Phi) is 5.85. The van der Waals surface area contributed by atoms with Gasteiger partial charge in [0.25, 0.3) is 0 Å². The second kappa shape index (κ2) is 6.93. The van der Waals surface area contributed by atoms with Gasteiger partial charge in [0.1, 0.15) is 0 Å². The van der Waals surface area contributed by atoms with Gasteiger partial charge in [-0.2, -0.15) is 13.2 Å². The fourth-order valence-electron chi connectivity index (χ4n) is 2.17. The number of rotatable bonds is 7. The maximum absolute atomic E-state index is 12.1. The summed E-state index contributed by atoms with van der Waals surface area (Å²) >= 11 is 0. The van der Waals surface area contributed by atoms with Gasteiger partial charge < -0.3 is 10.3 Å². The van der Waals surface area contributed by atoms with Crippen LogP contribution in [0.4, 0.5) is 13.2 Å². The number of nitrogens with zero attached hydrogens (tertiary/aromatic N) is 2. The summed E-state index contributed by atoms with van der Waals surface area (Å²) in [5, 5.41) is 0. The first kappa shape index (κ1) is 16.0.